The highest BCUT2D eigenvalue weighted by Crippen LogP contribution is 2.30. The van der Waals surface area contributed by atoms with Crippen LogP contribution in [0.3, 0.4) is 0 Å². The van der Waals surface area contributed by atoms with Crippen molar-refractivity contribution in [2.45, 2.75) is 96.9 Å². The van der Waals surface area contributed by atoms with Gasteiger partial charge in [0.15, 0.2) is 11.6 Å². The van der Waals surface area contributed by atoms with Gasteiger partial charge in [0, 0.05) is 84.7 Å². The highest BCUT2D eigenvalue weighted by molar-refractivity contribution is 7.89. The lowest BCUT2D eigenvalue weighted by molar-refractivity contribution is 0.0710. The number of nitrogens with one attached hydrogen (secondary N) is 3. The van der Waals surface area contributed by atoms with Gasteiger partial charge in [0.05, 0.1) is 39.4 Å². The molecule has 7 N–H and O–H groups in total. The highest BCUT2D eigenvalue weighted by Gasteiger charge is 2.37. The third-order valence-corrected chi connectivity index (χ3v) is 20.5. The topological polar surface area (TPSA) is 280 Å². The van der Waals surface area contributed by atoms with Crippen LogP contribution in [0, 0.1) is 34.9 Å². The largest absolute Gasteiger partial charge is 0.393 e. The van der Waals surface area contributed by atoms with Crippen LogP contribution in [0.15, 0.2) is 124 Å². The van der Waals surface area contributed by atoms with Gasteiger partial charge in [-0.2, -0.15) is 12.9 Å². The van der Waals surface area contributed by atoms with Gasteiger partial charge in [-0.15, -0.1) is 0 Å². The van der Waals surface area contributed by atoms with Gasteiger partial charge in [0.2, 0.25) is 30.1 Å². The Balaban J connectivity index is 0.000000192. The third kappa shape index (κ3) is 17.9. The number of benzene rings is 6. The number of sulfonamides is 3. The molecule has 90 heavy (non-hydrogen) atoms. The average molecular weight is 1370 g/mol. The number of hydrogen-bond donors (Lipinski definition) is 7. The van der Waals surface area contributed by atoms with Gasteiger partial charge in [-0.3, -0.25) is 14.4 Å². The number of alkyl halides is 2. The fourth-order valence-electron chi connectivity index (χ4n) is 9.37. The van der Waals surface area contributed by atoms with Crippen molar-refractivity contribution in [1.82, 2.24) is 12.9 Å². The van der Waals surface area contributed by atoms with Crippen LogP contribution >= 0.6 is 23.2 Å². The first-order valence-electron chi connectivity index (χ1n) is 27.3. The SMILES string of the molecule is O=C(Nc1ccc(F)c(Cl)c1)c1ccc(CF)c(S(=O)(=O)N2CCCC(O)CC2)c1.O=C(Nc1ccc(F)c(Cl)c1)c1ccc(F)c(S(=O)(=O)N2C[C@H](O)CC[C@@H](O)C2)c1.O=C(Nc1ccc(F)c(F)c1)c1ccc(F)c(S(=O)(=O)N2CCCC(F)[C@@H](O)C2)c1. The van der Waals surface area contributed by atoms with Crippen molar-refractivity contribution in [3.05, 3.63) is 176 Å². The predicted octanol–water partition coefficient (Wildman–Crippen LogP) is 8.95. The Bertz CT molecular complexity index is 3970. The zero-order valence-electron chi connectivity index (χ0n) is 47.0. The number of anilines is 3. The van der Waals surface area contributed by atoms with Crippen LogP contribution in [-0.2, 0) is 36.7 Å². The zero-order valence-corrected chi connectivity index (χ0v) is 50.9. The minimum atomic E-state index is -4.47. The Kier molecular flexibility index (Phi) is 24.1. The molecule has 0 aliphatic carbocycles. The molecule has 3 amide bonds. The average Bonchev–Trinajstić information content (AvgIpc) is 1.13. The van der Waals surface area contributed by atoms with E-state index in [1.807, 2.05) is 0 Å². The van der Waals surface area contributed by atoms with Crippen molar-refractivity contribution >= 4 is 88.1 Å². The maximum atomic E-state index is 14.4. The first kappa shape index (κ1) is 70.8. The van der Waals surface area contributed by atoms with Crippen molar-refractivity contribution in [3.63, 3.8) is 0 Å². The van der Waals surface area contributed by atoms with Crippen LogP contribution in [0.5, 0.6) is 0 Å². The summed E-state index contributed by atoms with van der Waals surface area (Å²) in [4.78, 5) is 35.6. The lowest BCUT2D eigenvalue weighted by atomic mass is 10.1. The van der Waals surface area contributed by atoms with Crippen molar-refractivity contribution < 1.29 is 95.2 Å². The normalized spacial score (nSPS) is 19.7. The summed E-state index contributed by atoms with van der Waals surface area (Å²) < 4.78 is 189. The van der Waals surface area contributed by atoms with Crippen LogP contribution in [0.25, 0.3) is 0 Å². The quantitative estimate of drug-likeness (QED) is 0.0533. The van der Waals surface area contributed by atoms with E-state index in [1.54, 1.807) is 0 Å². The number of nitrogens with zero attached hydrogens (tertiary/aromatic N) is 3. The van der Waals surface area contributed by atoms with E-state index >= 15 is 0 Å². The number of aliphatic hydroxyl groups excluding tert-OH is 4. The fraction of sp³-hybridized carbons (Fsp3) is 0.328. The second-order valence-corrected chi connectivity index (χ2v) is 27.3. The number of halogens is 10. The van der Waals surface area contributed by atoms with Gasteiger partial charge in [0.1, 0.15) is 45.9 Å². The third-order valence-electron chi connectivity index (χ3n) is 14.3. The molecule has 486 valence electrons. The molecule has 0 aromatic heterocycles. The molecule has 3 fully saturated rings. The molecular weight excluding hydrogens is 1310 g/mol. The Morgan fingerprint density at radius 2 is 0.856 bits per heavy atom. The van der Waals surface area contributed by atoms with E-state index in [0.717, 1.165) is 81.4 Å². The number of hydrogen-bond acceptors (Lipinski definition) is 13. The van der Waals surface area contributed by atoms with Crippen molar-refractivity contribution in [3.8, 4) is 0 Å². The summed E-state index contributed by atoms with van der Waals surface area (Å²) in [5.41, 5.74) is -0.157. The summed E-state index contributed by atoms with van der Waals surface area (Å²) in [7, 11) is -13.0. The van der Waals surface area contributed by atoms with Crippen LogP contribution in [0.1, 0.15) is 81.6 Å². The summed E-state index contributed by atoms with van der Waals surface area (Å²) in [5.74, 6) is -8.11. The number of aliphatic hydroxyl groups is 4. The summed E-state index contributed by atoms with van der Waals surface area (Å²) in [6.45, 7) is -1.97. The Labute approximate surface area is 522 Å². The van der Waals surface area contributed by atoms with E-state index in [1.165, 1.54) is 40.7 Å². The summed E-state index contributed by atoms with van der Waals surface area (Å²) in [5, 5.41) is 46.1. The molecule has 6 aromatic carbocycles. The highest BCUT2D eigenvalue weighted by atomic mass is 35.5. The van der Waals surface area contributed by atoms with E-state index in [4.69, 9.17) is 23.2 Å². The molecule has 3 aliphatic heterocycles. The first-order chi connectivity index (χ1) is 42.4. The lowest BCUT2D eigenvalue weighted by Gasteiger charge is -2.23. The van der Waals surface area contributed by atoms with Gasteiger partial charge < -0.3 is 36.4 Å². The van der Waals surface area contributed by atoms with Gasteiger partial charge >= 0.3 is 0 Å². The van der Waals surface area contributed by atoms with E-state index < -0.39 is 136 Å². The fourth-order valence-corrected chi connectivity index (χ4v) is 14.6. The van der Waals surface area contributed by atoms with E-state index in [2.05, 4.69) is 16.0 Å². The second-order valence-electron chi connectivity index (χ2n) is 20.8. The van der Waals surface area contributed by atoms with E-state index in [0.29, 0.717) is 12.8 Å². The first-order valence-corrected chi connectivity index (χ1v) is 32.4. The minimum Gasteiger partial charge on any atom is -0.393 e. The van der Waals surface area contributed by atoms with Gasteiger partial charge in [-0.05, 0) is 142 Å². The van der Waals surface area contributed by atoms with E-state index in [9.17, 15) is 95.2 Å². The predicted molar refractivity (Wildman–Crippen MR) is 315 cm³/mol. The van der Waals surface area contributed by atoms with Crippen LogP contribution in [0.4, 0.5) is 52.2 Å². The van der Waals surface area contributed by atoms with Crippen LogP contribution < -0.4 is 16.0 Å². The number of carbonyl (C=O) groups excluding carboxylic acids is 3. The molecule has 2 unspecified atom stereocenters. The Morgan fingerprint density at radius 3 is 1.33 bits per heavy atom. The molecule has 3 heterocycles. The summed E-state index contributed by atoms with van der Waals surface area (Å²) >= 11 is 11.4. The maximum Gasteiger partial charge on any atom is 0.255 e. The standard InChI is InChI=1S/C20H21ClF2N2O4S.C19H19ClF2N2O5S.C19H18F4N2O4S/c21-17-11-15(5-6-18(17)23)24-20(27)13-3-4-14(12-22)19(10-13)30(28,29)25-8-1-2-16(26)7-9-25;20-15-8-12(2-6-16(15)21)23-19(27)11-1-5-17(22)18(7-11)30(28,29)24-9-13(25)3-4-14(26)10-24;20-13-6-4-12(9-16(13)23)24-19(27)11-3-5-15(22)18(8-11)30(28,29)25-7-1-2-14(21)17(26)10-25/h3-6,10-11,16,26H,1-2,7-9,12H2,(H,24,27);1-2,5-8,13-14,25-26H,3-4,9-10H2,(H,23,27);3-6,8-9,14,17,26H,1-2,7,10H2,(H,24,27)/t;13-,14-;14?,17-/m.10/s1. The number of amides is 3. The molecule has 6 aromatic rings. The van der Waals surface area contributed by atoms with Gasteiger partial charge in [0.25, 0.3) is 17.7 Å². The second kappa shape index (κ2) is 30.6. The van der Waals surface area contributed by atoms with Crippen molar-refractivity contribution in [2.24, 2.45) is 0 Å². The molecule has 0 spiro atoms. The van der Waals surface area contributed by atoms with Gasteiger partial charge in [-0.25, -0.2) is 60.4 Å². The van der Waals surface area contributed by atoms with Crippen molar-refractivity contribution in [1.29, 1.82) is 0 Å². The smallest absolute Gasteiger partial charge is 0.255 e. The summed E-state index contributed by atoms with van der Waals surface area (Å²) in [6, 6.07) is 18.9. The lowest BCUT2D eigenvalue weighted by Crippen LogP contribution is -2.39. The molecule has 19 nitrogen and oxygen atoms in total. The van der Waals surface area contributed by atoms with Crippen LogP contribution in [-0.4, -0.2) is 146 Å². The number of rotatable bonds is 13. The minimum absolute atomic E-state index is 0.000999. The molecule has 32 heteroatoms. The van der Waals surface area contributed by atoms with Crippen LogP contribution in [0.2, 0.25) is 10.0 Å². The molecule has 3 saturated heterocycles. The van der Waals surface area contributed by atoms with Crippen molar-refractivity contribution in [2.75, 3.05) is 55.2 Å². The molecule has 5 atom stereocenters. The summed E-state index contributed by atoms with van der Waals surface area (Å²) in [6.07, 6.45) is -3.96. The Morgan fingerprint density at radius 1 is 0.444 bits per heavy atom. The Hall–Kier alpha value is -6.68. The molecule has 0 bridgehead atoms. The van der Waals surface area contributed by atoms with Gasteiger partial charge in [-0.1, -0.05) is 29.3 Å². The number of β-amino-alcohol motifs (C(OH)–C–C–N with tert-alkyl or cyclic N) is 3. The molecule has 0 radical (unpaired) electrons. The molecule has 0 saturated carbocycles. The maximum absolute atomic E-state index is 14.4. The molecular formula is C58H58Cl2F8N6O13S3. The monoisotopic (exact) mass is 1360 g/mol. The molecule has 9 rings (SSSR count). The zero-order chi connectivity index (χ0) is 66.0. The van der Waals surface area contributed by atoms with E-state index in [-0.39, 0.29) is 119 Å². The number of carbonyl (C=O) groups is 3. The molecule has 3 aliphatic rings.